The summed E-state index contributed by atoms with van der Waals surface area (Å²) in [5.74, 6) is 0.706. The molecular weight excluding hydrogens is 210 g/mol. The highest BCUT2D eigenvalue weighted by Gasteiger charge is 2.31. The number of rotatable bonds is 5. The summed E-state index contributed by atoms with van der Waals surface area (Å²) in [7, 11) is 2.24. The molecular formula is C14H31N3. The zero-order chi connectivity index (χ0) is 13.1. The normalized spacial score (nSPS) is 24.2. The van der Waals surface area contributed by atoms with Crippen LogP contribution in [0.1, 0.15) is 34.6 Å². The van der Waals surface area contributed by atoms with Crippen LogP contribution in [0.5, 0.6) is 0 Å². The van der Waals surface area contributed by atoms with Gasteiger partial charge in [0.2, 0.25) is 0 Å². The molecule has 3 heteroatoms. The highest BCUT2D eigenvalue weighted by molar-refractivity contribution is 4.89. The standard InChI is InChI=1S/C14H31N3/c1-7-15-13(12(2)3)10-17-9-8-16(6)14(4,5)11-17/h12-13,15H,7-11H2,1-6H3. The fraction of sp³-hybridized carbons (Fsp3) is 1.00. The van der Waals surface area contributed by atoms with E-state index in [4.69, 9.17) is 0 Å². The molecule has 0 aromatic heterocycles. The average molecular weight is 241 g/mol. The Labute approximate surface area is 108 Å². The molecule has 1 atom stereocenters. The summed E-state index contributed by atoms with van der Waals surface area (Å²) in [6, 6.07) is 0.624. The molecule has 0 radical (unpaired) electrons. The lowest BCUT2D eigenvalue weighted by Crippen LogP contribution is -2.59. The quantitative estimate of drug-likeness (QED) is 0.789. The van der Waals surface area contributed by atoms with Crippen molar-refractivity contribution >= 4 is 0 Å². The molecule has 0 aromatic carbocycles. The Morgan fingerprint density at radius 3 is 2.35 bits per heavy atom. The maximum absolute atomic E-state index is 3.61. The van der Waals surface area contributed by atoms with Crippen LogP contribution in [0.25, 0.3) is 0 Å². The molecule has 1 heterocycles. The number of hydrogen-bond donors (Lipinski definition) is 1. The Morgan fingerprint density at radius 1 is 1.24 bits per heavy atom. The van der Waals surface area contributed by atoms with Crippen molar-refractivity contribution < 1.29 is 0 Å². The van der Waals surface area contributed by atoms with E-state index in [1.807, 2.05) is 0 Å². The first kappa shape index (κ1) is 14.9. The van der Waals surface area contributed by atoms with Crippen LogP contribution in [0.4, 0.5) is 0 Å². The van der Waals surface area contributed by atoms with Crippen molar-refractivity contribution in [2.24, 2.45) is 5.92 Å². The van der Waals surface area contributed by atoms with Crippen LogP contribution < -0.4 is 5.32 Å². The van der Waals surface area contributed by atoms with Crippen molar-refractivity contribution in [2.45, 2.75) is 46.2 Å². The minimum Gasteiger partial charge on any atom is -0.313 e. The van der Waals surface area contributed by atoms with Gasteiger partial charge in [-0.1, -0.05) is 20.8 Å². The molecule has 1 rings (SSSR count). The highest BCUT2D eigenvalue weighted by atomic mass is 15.3. The lowest BCUT2D eigenvalue weighted by atomic mass is 9.97. The van der Waals surface area contributed by atoms with E-state index in [-0.39, 0.29) is 0 Å². The van der Waals surface area contributed by atoms with Crippen LogP contribution >= 0.6 is 0 Å². The number of piperazine rings is 1. The van der Waals surface area contributed by atoms with E-state index in [0.29, 0.717) is 17.5 Å². The lowest BCUT2D eigenvalue weighted by molar-refractivity contribution is 0.0325. The van der Waals surface area contributed by atoms with Gasteiger partial charge >= 0.3 is 0 Å². The Hall–Kier alpha value is -0.120. The number of nitrogens with zero attached hydrogens (tertiary/aromatic N) is 2. The van der Waals surface area contributed by atoms with Crippen LogP contribution in [0.2, 0.25) is 0 Å². The molecule has 0 bridgehead atoms. The summed E-state index contributed by atoms with van der Waals surface area (Å²) in [6.07, 6.45) is 0. The first-order valence-electron chi connectivity index (χ1n) is 7.03. The average Bonchev–Trinajstić information content (AvgIpc) is 2.22. The largest absolute Gasteiger partial charge is 0.313 e. The topological polar surface area (TPSA) is 18.5 Å². The minimum atomic E-state index is 0.312. The van der Waals surface area contributed by atoms with E-state index in [2.05, 4.69) is 56.8 Å². The number of nitrogens with one attached hydrogen (secondary N) is 1. The molecule has 0 aliphatic carbocycles. The van der Waals surface area contributed by atoms with Crippen molar-refractivity contribution in [1.82, 2.24) is 15.1 Å². The van der Waals surface area contributed by atoms with Gasteiger partial charge in [-0.2, -0.15) is 0 Å². The lowest BCUT2D eigenvalue weighted by Gasteiger charge is -2.46. The van der Waals surface area contributed by atoms with Crippen molar-refractivity contribution in [3.8, 4) is 0 Å². The summed E-state index contributed by atoms with van der Waals surface area (Å²) in [5, 5.41) is 3.61. The predicted molar refractivity (Wildman–Crippen MR) is 75.5 cm³/mol. The second-order valence-corrected chi connectivity index (χ2v) is 6.38. The molecule has 0 aromatic rings. The van der Waals surface area contributed by atoms with Gasteiger partial charge in [-0.15, -0.1) is 0 Å². The van der Waals surface area contributed by atoms with E-state index in [1.165, 1.54) is 26.2 Å². The third-order valence-corrected chi connectivity index (χ3v) is 4.12. The van der Waals surface area contributed by atoms with Crippen LogP contribution in [-0.2, 0) is 0 Å². The van der Waals surface area contributed by atoms with Crippen molar-refractivity contribution in [3.05, 3.63) is 0 Å². The molecule has 0 amide bonds. The Bertz CT molecular complexity index is 226. The molecule has 3 nitrogen and oxygen atoms in total. The Morgan fingerprint density at radius 2 is 1.88 bits per heavy atom. The zero-order valence-electron chi connectivity index (χ0n) is 12.6. The van der Waals surface area contributed by atoms with Crippen LogP contribution in [0.3, 0.4) is 0 Å². The molecule has 0 spiro atoms. The summed E-state index contributed by atoms with van der Waals surface area (Å²) in [6.45, 7) is 17.3. The Kier molecular flexibility index (Phi) is 5.42. The second kappa shape index (κ2) is 6.17. The summed E-state index contributed by atoms with van der Waals surface area (Å²) >= 11 is 0. The smallest absolute Gasteiger partial charge is 0.0277 e. The molecule has 17 heavy (non-hydrogen) atoms. The van der Waals surface area contributed by atoms with E-state index in [1.54, 1.807) is 0 Å². The number of hydrogen-bond acceptors (Lipinski definition) is 3. The van der Waals surface area contributed by atoms with Crippen LogP contribution in [0.15, 0.2) is 0 Å². The zero-order valence-corrected chi connectivity index (χ0v) is 12.6. The van der Waals surface area contributed by atoms with Crippen LogP contribution in [-0.4, -0.2) is 61.2 Å². The van der Waals surface area contributed by atoms with E-state index in [9.17, 15) is 0 Å². The molecule has 1 unspecified atom stereocenters. The van der Waals surface area contributed by atoms with Gasteiger partial charge in [0.05, 0.1) is 0 Å². The Balaban J connectivity index is 2.51. The SMILES string of the molecule is CCNC(CN1CCN(C)C(C)(C)C1)C(C)C. The van der Waals surface area contributed by atoms with Crippen molar-refractivity contribution in [3.63, 3.8) is 0 Å². The molecule has 1 aliphatic rings. The monoisotopic (exact) mass is 241 g/mol. The summed E-state index contributed by atoms with van der Waals surface area (Å²) in [4.78, 5) is 5.09. The molecule has 1 N–H and O–H groups in total. The van der Waals surface area contributed by atoms with E-state index >= 15 is 0 Å². The van der Waals surface area contributed by atoms with Crippen molar-refractivity contribution in [2.75, 3.05) is 39.8 Å². The van der Waals surface area contributed by atoms with E-state index in [0.717, 1.165) is 6.54 Å². The molecule has 1 saturated heterocycles. The highest BCUT2D eigenvalue weighted by Crippen LogP contribution is 2.19. The fourth-order valence-corrected chi connectivity index (χ4v) is 2.55. The van der Waals surface area contributed by atoms with Gasteiger partial charge in [0.1, 0.15) is 0 Å². The molecule has 1 fully saturated rings. The molecule has 102 valence electrons. The molecule has 0 saturated carbocycles. The third kappa shape index (κ3) is 4.23. The van der Waals surface area contributed by atoms with Gasteiger partial charge < -0.3 is 5.32 Å². The summed E-state index contributed by atoms with van der Waals surface area (Å²) in [5.41, 5.74) is 0.312. The predicted octanol–water partition coefficient (Wildman–Crippen LogP) is 1.65. The summed E-state index contributed by atoms with van der Waals surface area (Å²) < 4.78 is 0. The maximum Gasteiger partial charge on any atom is 0.0277 e. The van der Waals surface area contributed by atoms with E-state index < -0.39 is 0 Å². The van der Waals surface area contributed by atoms with Gasteiger partial charge in [0.25, 0.3) is 0 Å². The van der Waals surface area contributed by atoms with Gasteiger partial charge in [-0.3, -0.25) is 9.80 Å². The van der Waals surface area contributed by atoms with Gasteiger partial charge in [-0.05, 0) is 33.4 Å². The maximum atomic E-state index is 3.61. The first-order valence-corrected chi connectivity index (χ1v) is 7.03. The second-order valence-electron chi connectivity index (χ2n) is 6.38. The van der Waals surface area contributed by atoms with Crippen molar-refractivity contribution in [1.29, 1.82) is 0 Å². The van der Waals surface area contributed by atoms with Gasteiger partial charge in [0, 0.05) is 37.8 Å². The molecule has 1 aliphatic heterocycles. The fourth-order valence-electron chi connectivity index (χ4n) is 2.55. The van der Waals surface area contributed by atoms with Gasteiger partial charge in [-0.25, -0.2) is 0 Å². The van der Waals surface area contributed by atoms with Crippen LogP contribution in [0, 0.1) is 5.92 Å². The van der Waals surface area contributed by atoms with Gasteiger partial charge in [0.15, 0.2) is 0 Å². The number of likely N-dealkylation sites (N-methyl/N-ethyl adjacent to an activating group) is 2. The first-order chi connectivity index (χ1) is 7.86. The third-order valence-electron chi connectivity index (χ3n) is 4.12. The minimum absolute atomic E-state index is 0.312.